The summed E-state index contributed by atoms with van der Waals surface area (Å²) < 4.78 is 6.56. The first-order chi connectivity index (χ1) is 17.2. The van der Waals surface area contributed by atoms with Gasteiger partial charge in [-0.3, -0.25) is 29.0 Å². The monoisotopic (exact) mass is 519 g/mol. The number of carbonyl (C=O) groups excluding carboxylic acids is 2. The van der Waals surface area contributed by atoms with Crippen LogP contribution in [0, 0.1) is 11.3 Å². The molecular formula is C24H33N5O6S. The van der Waals surface area contributed by atoms with Crippen LogP contribution in [0.3, 0.4) is 0 Å². The molecule has 2 aliphatic heterocycles. The van der Waals surface area contributed by atoms with Crippen molar-refractivity contribution in [3.63, 3.8) is 0 Å². The van der Waals surface area contributed by atoms with E-state index in [2.05, 4.69) is 9.98 Å². The predicted molar refractivity (Wildman–Crippen MR) is 135 cm³/mol. The number of aromatic amines is 1. The molecule has 2 saturated carbocycles. The number of aromatic nitrogens is 2. The molecule has 3 heterocycles. The van der Waals surface area contributed by atoms with Crippen molar-refractivity contribution in [2.75, 3.05) is 39.6 Å². The highest BCUT2D eigenvalue weighted by Crippen LogP contribution is 2.62. The van der Waals surface area contributed by atoms with Gasteiger partial charge in [0.1, 0.15) is 16.1 Å². The number of nitrogens with one attached hydrogen (secondary N) is 1. The van der Waals surface area contributed by atoms with Crippen LogP contribution in [0.4, 0.5) is 4.79 Å². The highest BCUT2D eigenvalue weighted by atomic mass is 32.2. The number of imide groups is 1. The molecule has 0 radical (unpaired) electrons. The van der Waals surface area contributed by atoms with E-state index in [0.29, 0.717) is 56.2 Å². The van der Waals surface area contributed by atoms with Crippen LogP contribution in [0.2, 0.25) is 0 Å². The highest BCUT2D eigenvalue weighted by Gasteiger charge is 2.68. The van der Waals surface area contributed by atoms with Gasteiger partial charge in [-0.15, -0.1) is 11.8 Å². The highest BCUT2D eigenvalue weighted by molar-refractivity contribution is 8.14. The minimum absolute atomic E-state index is 0.0283. The van der Waals surface area contributed by atoms with E-state index in [1.807, 2.05) is 6.92 Å². The Balaban J connectivity index is 1.34. The average Bonchev–Trinajstić information content (AvgIpc) is 2.97. The van der Waals surface area contributed by atoms with E-state index in [1.165, 1.54) is 21.2 Å². The third-order valence-corrected chi connectivity index (χ3v) is 9.37. The first-order valence-electron chi connectivity index (χ1n) is 12.5. The quantitative estimate of drug-likeness (QED) is 0.342. The van der Waals surface area contributed by atoms with Crippen LogP contribution in [0.5, 0.6) is 5.88 Å². The summed E-state index contributed by atoms with van der Waals surface area (Å²) in [6, 6.07) is -0.502. The van der Waals surface area contributed by atoms with Crippen LogP contribution in [-0.2, 0) is 9.53 Å². The third kappa shape index (κ3) is 3.71. The van der Waals surface area contributed by atoms with Gasteiger partial charge >= 0.3 is 11.7 Å². The molecule has 196 valence electrons. The molecule has 2 aliphatic carbocycles. The summed E-state index contributed by atoms with van der Waals surface area (Å²) in [6.45, 7) is 3.69. The van der Waals surface area contributed by atoms with Crippen LogP contribution < -0.4 is 11.2 Å². The molecule has 12 heteroatoms. The number of aromatic hydroxyl groups is 1. The van der Waals surface area contributed by atoms with Crippen molar-refractivity contribution in [2.45, 2.75) is 57.0 Å². The predicted octanol–water partition coefficient (Wildman–Crippen LogP) is 1.55. The lowest BCUT2D eigenvalue weighted by Gasteiger charge is -2.59. The number of hydrogen-bond acceptors (Lipinski definition) is 8. The van der Waals surface area contributed by atoms with Gasteiger partial charge in [0.05, 0.1) is 13.2 Å². The number of thioether (sulfide) groups is 1. The van der Waals surface area contributed by atoms with E-state index >= 15 is 0 Å². The summed E-state index contributed by atoms with van der Waals surface area (Å²) in [7, 11) is 3.11. The summed E-state index contributed by atoms with van der Waals surface area (Å²) in [5, 5.41) is 11.4. The number of amides is 3. The van der Waals surface area contributed by atoms with Crippen molar-refractivity contribution >= 4 is 28.7 Å². The summed E-state index contributed by atoms with van der Waals surface area (Å²) >= 11 is 1.33. The van der Waals surface area contributed by atoms with Gasteiger partial charge in [0.25, 0.3) is 11.5 Å². The lowest BCUT2D eigenvalue weighted by molar-refractivity contribution is -0.152. The maximum Gasteiger partial charge on any atom is 0.331 e. The maximum atomic E-state index is 13.1. The third-order valence-electron chi connectivity index (χ3n) is 8.42. The number of hydrogen-bond donors (Lipinski definition) is 2. The molecule has 4 aliphatic rings. The molecule has 11 nitrogen and oxygen atoms in total. The molecule has 1 aromatic heterocycles. The standard InChI is InChI=1S/C24H33N5O6S/c1-4-36-18(25-2)16-17(30)26-21(33)29(19(16)31)15-5-7-23(8-6-15)12-24(13-23)20(32)27(3)22(34)28(24)9-14-10-35-11-14/h14-15,31H,4-13H2,1-3H3,(H,26,30,33). The van der Waals surface area contributed by atoms with Crippen LogP contribution in [0.1, 0.15) is 57.1 Å². The van der Waals surface area contributed by atoms with Crippen LogP contribution in [0.25, 0.3) is 0 Å². The van der Waals surface area contributed by atoms with Crippen molar-refractivity contribution in [1.29, 1.82) is 0 Å². The Labute approximate surface area is 212 Å². The fraction of sp³-hybridized carbons (Fsp3) is 0.708. The number of carbonyl (C=O) groups is 2. The Kier molecular flexibility index (Phi) is 6.30. The van der Waals surface area contributed by atoms with Crippen LogP contribution in [-0.4, -0.2) is 86.6 Å². The van der Waals surface area contributed by atoms with Crippen molar-refractivity contribution in [3.8, 4) is 5.88 Å². The second-order valence-electron chi connectivity index (χ2n) is 10.6. The summed E-state index contributed by atoms with van der Waals surface area (Å²) in [6.07, 6.45) is 4.03. The van der Waals surface area contributed by atoms with Crippen molar-refractivity contribution in [3.05, 3.63) is 26.4 Å². The van der Waals surface area contributed by atoms with Gasteiger partial charge in [0, 0.05) is 32.6 Å². The Hall–Kier alpha value is -2.60. The van der Waals surface area contributed by atoms with Crippen LogP contribution in [0.15, 0.2) is 14.6 Å². The number of rotatable bonds is 5. The van der Waals surface area contributed by atoms with Gasteiger partial charge in [0.15, 0.2) is 0 Å². The topological polar surface area (TPSA) is 137 Å². The minimum atomic E-state index is -0.776. The molecule has 2 spiro atoms. The normalized spacial score (nSPS) is 30.9. The summed E-state index contributed by atoms with van der Waals surface area (Å²) in [5.74, 6) is 0.464. The molecule has 1 aromatic rings. The number of urea groups is 1. The van der Waals surface area contributed by atoms with E-state index in [1.54, 1.807) is 19.0 Å². The van der Waals surface area contributed by atoms with E-state index in [4.69, 9.17) is 4.74 Å². The lowest BCUT2D eigenvalue weighted by atomic mass is 9.51. The molecule has 36 heavy (non-hydrogen) atoms. The van der Waals surface area contributed by atoms with E-state index in [-0.39, 0.29) is 40.8 Å². The summed E-state index contributed by atoms with van der Waals surface area (Å²) in [4.78, 5) is 60.7. The number of ether oxygens (including phenoxy) is 1. The SMILES string of the molecule is CCSC(=NC)c1c(O)n(C2CCC3(CC2)CC2(C3)C(=O)N(C)C(=O)N2CC2COC2)c(=O)[nH]c1=O. The molecule has 2 saturated heterocycles. The van der Waals surface area contributed by atoms with Gasteiger partial charge in [-0.2, -0.15) is 0 Å². The van der Waals surface area contributed by atoms with Crippen molar-refractivity contribution < 1.29 is 19.4 Å². The molecule has 5 rings (SSSR count). The first-order valence-corrected chi connectivity index (χ1v) is 13.5. The molecule has 3 amide bonds. The van der Waals surface area contributed by atoms with E-state index in [0.717, 1.165) is 12.8 Å². The fourth-order valence-electron chi connectivity index (χ4n) is 6.59. The average molecular weight is 520 g/mol. The number of likely N-dealkylation sites (N-methyl/N-ethyl adjacent to an activating group) is 1. The van der Waals surface area contributed by atoms with Gasteiger partial charge in [-0.1, -0.05) is 6.92 Å². The Morgan fingerprint density at radius 3 is 2.42 bits per heavy atom. The lowest BCUT2D eigenvalue weighted by Crippen LogP contribution is -2.65. The number of H-pyrrole nitrogens is 1. The molecule has 2 N–H and O–H groups in total. The largest absolute Gasteiger partial charge is 0.494 e. The van der Waals surface area contributed by atoms with Crippen molar-refractivity contribution in [1.82, 2.24) is 19.4 Å². The number of aliphatic imine (C=N–C) groups is 1. The molecule has 0 unspecified atom stereocenters. The first kappa shape index (κ1) is 25.1. The van der Waals surface area contributed by atoms with Gasteiger partial charge in [-0.05, 0) is 49.7 Å². The second-order valence-corrected chi connectivity index (χ2v) is 11.8. The molecular weight excluding hydrogens is 486 g/mol. The zero-order chi connectivity index (χ0) is 25.8. The Morgan fingerprint density at radius 1 is 1.19 bits per heavy atom. The molecule has 4 fully saturated rings. The zero-order valence-corrected chi connectivity index (χ0v) is 21.7. The Morgan fingerprint density at radius 2 is 1.86 bits per heavy atom. The molecule has 0 atom stereocenters. The number of nitrogens with zero attached hydrogens (tertiary/aromatic N) is 4. The van der Waals surface area contributed by atoms with Gasteiger partial charge in [-0.25, -0.2) is 9.59 Å². The minimum Gasteiger partial charge on any atom is -0.494 e. The smallest absolute Gasteiger partial charge is 0.331 e. The zero-order valence-electron chi connectivity index (χ0n) is 20.9. The molecule has 0 aromatic carbocycles. The van der Waals surface area contributed by atoms with Gasteiger partial charge in [0.2, 0.25) is 5.88 Å². The maximum absolute atomic E-state index is 13.1. The van der Waals surface area contributed by atoms with Gasteiger partial charge < -0.3 is 14.7 Å². The van der Waals surface area contributed by atoms with Crippen molar-refractivity contribution in [2.24, 2.45) is 16.3 Å². The van der Waals surface area contributed by atoms with Crippen LogP contribution >= 0.6 is 11.8 Å². The van der Waals surface area contributed by atoms with E-state index < -0.39 is 16.8 Å². The molecule has 0 bridgehead atoms. The second kappa shape index (κ2) is 9.05. The fourth-order valence-corrected chi connectivity index (χ4v) is 7.32. The summed E-state index contributed by atoms with van der Waals surface area (Å²) in [5.41, 5.74) is -2.10. The van der Waals surface area contributed by atoms with E-state index in [9.17, 15) is 24.3 Å². The Bertz CT molecular complexity index is 1220.